The Kier molecular flexibility index (Phi) is 4.45. The number of ether oxygens (including phenoxy) is 1. The van der Waals surface area contributed by atoms with Gasteiger partial charge in [0.15, 0.2) is 0 Å². The molecule has 0 radical (unpaired) electrons. The van der Waals surface area contributed by atoms with Gasteiger partial charge in [-0.15, -0.1) is 0 Å². The summed E-state index contributed by atoms with van der Waals surface area (Å²) in [5.41, 5.74) is 0. The lowest BCUT2D eigenvalue weighted by molar-refractivity contribution is -0.0176. The summed E-state index contributed by atoms with van der Waals surface area (Å²) in [6, 6.07) is 2.42. The molecule has 0 spiro atoms. The predicted molar refractivity (Wildman–Crippen MR) is 78.4 cm³/mol. The van der Waals surface area contributed by atoms with Crippen LogP contribution in [0.3, 0.4) is 0 Å². The first-order valence-electron chi connectivity index (χ1n) is 8.34. The summed E-state index contributed by atoms with van der Waals surface area (Å²) in [5.74, 6) is 0. The SMILES string of the molecule is CCC1CN2CCCCC2CN1C1CCC(OC)C1. The van der Waals surface area contributed by atoms with Crippen molar-refractivity contribution < 1.29 is 4.74 Å². The largest absolute Gasteiger partial charge is 0.381 e. The van der Waals surface area contributed by atoms with Crippen LogP contribution in [0.2, 0.25) is 0 Å². The van der Waals surface area contributed by atoms with Gasteiger partial charge in [0.2, 0.25) is 0 Å². The first-order chi connectivity index (χ1) is 9.31. The highest BCUT2D eigenvalue weighted by molar-refractivity contribution is 4.95. The van der Waals surface area contributed by atoms with Gasteiger partial charge in [-0.05, 0) is 45.1 Å². The Morgan fingerprint density at radius 1 is 1.05 bits per heavy atom. The maximum atomic E-state index is 5.57. The molecule has 0 amide bonds. The van der Waals surface area contributed by atoms with Gasteiger partial charge in [0, 0.05) is 38.3 Å². The van der Waals surface area contributed by atoms with E-state index in [0.29, 0.717) is 6.10 Å². The Morgan fingerprint density at radius 3 is 2.68 bits per heavy atom. The van der Waals surface area contributed by atoms with Crippen molar-refractivity contribution in [3.8, 4) is 0 Å². The monoisotopic (exact) mass is 266 g/mol. The molecule has 3 fully saturated rings. The highest BCUT2D eigenvalue weighted by atomic mass is 16.5. The van der Waals surface area contributed by atoms with E-state index in [0.717, 1.165) is 18.1 Å². The molecule has 2 heterocycles. The minimum Gasteiger partial charge on any atom is -0.381 e. The van der Waals surface area contributed by atoms with Crippen molar-refractivity contribution in [1.82, 2.24) is 9.80 Å². The van der Waals surface area contributed by atoms with Crippen molar-refractivity contribution >= 4 is 0 Å². The standard InChI is InChI=1S/C16H30N2O/c1-3-13-11-17-9-5-4-6-15(17)12-18(13)14-7-8-16(10-14)19-2/h13-16H,3-12H2,1-2H3. The van der Waals surface area contributed by atoms with E-state index in [2.05, 4.69) is 16.7 Å². The minimum atomic E-state index is 0.520. The number of piperazine rings is 1. The predicted octanol–water partition coefficient (Wildman–Crippen LogP) is 2.50. The summed E-state index contributed by atoms with van der Waals surface area (Å²) in [4.78, 5) is 5.63. The third-order valence-electron chi connectivity index (χ3n) is 5.72. The van der Waals surface area contributed by atoms with E-state index < -0.39 is 0 Å². The Morgan fingerprint density at radius 2 is 1.95 bits per heavy atom. The van der Waals surface area contributed by atoms with Gasteiger partial charge in [0.05, 0.1) is 6.10 Å². The molecule has 3 aliphatic rings. The van der Waals surface area contributed by atoms with Crippen LogP contribution in [0, 0.1) is 0 Å². The molecule has 3 rings (SSSR count). The molecule has 0 aromatic carbocycles. The molecule has 0 N–H and O–H groups in total. The molecule has 19 heavy (non-hydrogen) atoms. The van der Waals surface area contributed by atoms with Crippen molar-refractivity contribution in [2.24, 2.45) is 0 Å². The first kappa shape index (κ1) is 13.8. The summed E-state index contributed by atoms with van der Waals surface area (Å²) in [6.07, 6.45) is 9.99. The zero-order chi connectivity index (χ0) is 13.2. The smallest absolute Gasteiger partial charge is 0.0586 e. The molecule has 0 aromatic rings. The average Bonchev–Trinajstić information content (AvgIpc) is 2.94. The van der Waals surface area contributed by atoms with E-state index in [1.54, 1.807) is 0 Å². The molecule has 2 aliphatic heterocycles. The molecular formula is C16H30N2O. The van der Waals surface area contributed by atoms with E-state index in [-0.39, 0.29) is 0 Å². The van der Waals surface area contributed by atoms with Crippen LogP contribution in [0.15, 0.2) is 0 Å². The number of hydrogen-bond acceptors (Lipinski definition) is 3. The normalized spacial score (nSPS) is 41.4. The molecule has 1 saturated carbocycles. The highest BCUT2D eigenvalue weighted by Crippen LogP contribution is 2.33. The van der Waals surface area contributed by atoms with Gasteiger partial charge < -0.3 is 4.74 Å². The Labute approximate surface area is 118 Å². The van der Waals surface area contributed by atoms with Gasteiger partial charge in [0.1, 0.15) is 0 Å². The first-order valence-corrected chi connectivity index (χ1v) is 8.34. The summed E-state index contributed by atoms with van der Waals surface area (Å²) < 4.78 is 5.57. The second-order valence-corrected chi connectivity index (χ2v) is 6.73. The van der Waals surface area contributed by atoms with Crippen LogP contribution in [-0.2, 0) is 4.74 Å². The van der Waals surface area contributed by atoms with Crippen LogP contribution in [0.1, 0.15) is 51.9 Å². The van der Waals surface area contributed by atoms with E-state index in [1.807, 2.05) is 7.11 Å². The third kappa shape index (κ3) is 2.84. The maximum absolute atomic E-state index is 5.57. The fourth-order valence-corrected chi connectivity index (χ4v) is 4.52. The molecule has 2 saturated heterocycles. The maximum Gasteiger partial charge on any atom is 0.0586 e. The van der Waals surface area contributed by atoms with Crippen LogP contribution in [-0.4, -0.2) is 60.8 Å². The molecule has 0 bridgehead atoms. The fourth-order valence-electron chi connectivity index (χ4n) is 4.52. The summed E-state index contributed by atoms with van der Waals surface area (Å²) >= 11 is 0. The Bertz CT molecular complexity index is 294. The minimum absolute atomic E-state index is 0.520. The van der Waals surface area contributed by atoms with Crippen molar-refractivity contribution in [3.05, 3.63) is 0 Å². The second-order valence-electron chi connectivity index (χ2n) is 6.73. The highest BCUT2D eigenvalue weighted by Gasteiger charge is 2.39. The number of rotatable bonds is 3. The van der Waals surface area contributed by atoms with Gasteiger partial charge in [-0.3, -0.25) is 9.80 Å². The van der Waals surface area contributed by atoms with Crippen molar-refractivity contribution in [2.75, 3.05) is 26.7 Å². The topological polar surface area (TPSA) is 15.7 Å². The molecule has 4 atom stereocenters. The lowest BCUT2D eigenvalue weighted by Gasteiger charge is -2.50. The van der Waals surface area contributed by atoms with Gasteiger partial charge >= 0.3 is 0 Å². The van der Waals surface area contributed by atoms with E-state index in [9.17, 15) is 0 Å². The average molecular weight is 266 g/mol. The van der Waals surface area contributed by atoms with Gasteiger partial charge in [-0.2, -0.15) is 0 Å². The zero-order valence-corrected chi connectivity index (χ0v) is 12.7. The Hall–Kier alpha value is -0.120. The number of fused-ring (bicyclic) bond motifs is 1. The zero-order valence-electron chi connectivity index (χ0n) is 12.7. The van der Waals surface area contributed by atoms with Crippen molar-refractivity contribution in [1.29, 1.82) is 0 Å². The lowest BCUT2D eigenvalue weighted by atomic mass is 9.94. The van der Waals surface area contributed by atoms with E-state index in [4.69, 9.17) is 4.74 Å². The molecule has 3 heteroatoms. The van der Waals surface area contributed by atoms with Gasteiger partial charge in [-0.25, -0.2) is 0 Å². The van der Waals surface area contributed by atoms with Crippen LogP contribution in [0.4, 0.5) is 0 Å². The Balaban J connectivity index is 1.65. The number of methoxy groups -OCH3 is 1. The second kappa shape index (κ2) is 6.11. The molecule has 110 valence electrons. The van der Waals surface area contributed by atoms with Gasteiger partial charge in [0.25, 0.3) is 0 Å². The van der Waals surface area contributed by atoms with Crippen LogP contribution in [0.5, 0.6) is 0 Å². The molecule has 0 aromatic heterocycles. The number of piperidine rings is 1. The number of nitrogens with zero attached hydrogens (tertiary/aromatic N) is 2. The quantitative estimate of drug-likeness (QED) is 0.780. The molecule has 4 unspecified atom stereocenters. The fraction of sp³-hybridized carbons (Fsp3) is 1.00. The molecule has 1 aliphatic carbocycles. The van der Waals surface area contributed by atoms with E-state index in [1.165, 1.54) is 64.6 Å². The summed E-state index contributed by atoms with van der Waals surface area (Å²) in [7, 11) is 1.88. The molecule has 3 nitrogen and oxygen atoms in total. The molecular weight excluding hydrogens is 236 g/mol. The summed E-state index contributed by atoms with van der Waals surface area (Å²) in [6.45, 7) is 6.35. The van der Waals surface area contributed by atoms with E-state index >= 15 is 0 Å². The van der Waals surface area contributed by atoms with Crippen molar-refractivity contribution in [2.45, 2.75) is 76.1 Å². The van der Waals surface area contributed by atoms with Gasteiger partial charge in [-0.1, -0.05) is 13.3 Å². The lowest BCUT2D eigenvalue weighted by Crippen LogP contribution is -2.61. The number of hydrogen-bond donors (Lipinski definition) is 0. The summed E-state index contributed by atoms with van der Waals surface area (Å²) in [5, 5.41) is 0. The van der Waals surface area contributed by atoms with Crippen LogP contribution >= 0.6 is 0 Å². The van der Waals surface area contributed by atoms with Crippen LogP contribution < -0.4 is 0 Å². The van der Waals surface area contributed by atoms with Crippen molar-refractivity contribution in [3.63, 3.8) is 0 Å². The third-order valence-corrected chi connectivity index (χ3v) is 5.72. The van der Waals surface area contributed by atoms with Crippen LogP contribution in [0.25, 0.3) is 0 Å².